The molecule has 5 nitrogen and oxygen atoms in total. The number of aromatic nitrogens is 2. The van der Waals surface area contributed by atoms with Crippen LogP contribution in [-0.2, 0) is 4.74 Å². The first-order valence-corrected chi connectivity index (χ1v) is 7.17. The number of ether oxygens (including phenoxy) is 1. The summed E-state index contributed by atoms with van der Waals surface area (Å²) in [4.78, 5) is 8.71. The quantitative estimate of drug-likeness (QED) is 0.638. The van der Waals surface area contributed by atoms with Crippen LogP contribution in [0.25, 0.3) is 0 Å². The lowest BCUT2D eigenvalue weighted by Crippen LogP contribution is -2.10. The Bertz CT molecular complexity index is 357. The molecule has 1 heterocycles. The number of nitrogens with one attached hydrogen (secondary N) is 2. The number of anilines is 2. The van der Waals surface area contributed by atoms with Gasteiger partial charge < -0.3 is 15.4 Å². The van der Waals surface area contributed by atoms with E-state index in [1.54, 1.807) is 0 Å². The molecule has 0 saturated heterocycles. The van der Waals surface area contributed by atoms with E-state index in [4.69, 9.17) is 4.74 Å². The van der Waals surface area contributed by atoms with Gasteiger partial charge in [0.15, 0.2) is 0 Å². The van der Waals surface area contributed by atoms with Gasteiger partial charge in [0.05, 0.1) is 0 Å². The monoisotopic (exact) mass is 266 g/mol. The van der Waals surface area contributed by atoms with Crippen LogP contribution in [-0.4, -0.2) is 36.3 Å². The molecule has 0 aromatic carbocycles. The maximum Gasteiger partial charge on any atom is 0.224 e. The van der Waals surface area contributed by atoms with Gasteiger partial charge in [0.25, 0.3) is 0 Å². The molecule has 19 heavy (non-hydrogen) atoms. The van der Waals surface area contributed by atoms with E-state index < -0.39 is 0 Å². The van der Waals surface area contributed by atoms with E-state index in [-0.39, 0.29) is 0 Å². The van der Waals surface area contributed by atoms with Gasteiger partial charge in [-0.05, 0) is 26.7 Å². The molecular weight excluding hydrogens is 240 g/mol. The Kier molecular flexibility index (Phi) is 7.89. The first-order valence-electron chi connectivity index (χ1n) is 7.17. The minimum Gasteiger partial charge on any atom is -0.381 e. The second kappa shape index (κ2) is 9.55. The average Bonchev–Trinajstić information content (AvgIpc) is 2.37. The van der Waals surface area contributed by atoms with Crippen molar-refractivity contribution in [1.29, 1.82) is 0 Å². The summed E-state index contributed by atoms with van der Waals surface area (Å²) in [5.74, 6) is 1.56. The standard InChI is InChI=1S/C14H26N4O/c1-4-6-9-19-10-7-8-16-13-11-12(3)17-14(18-13)15-5-2/h11H,4-10H2,1-3H3,(H2,15,16,17,18). The largest absolute Gasteiger partial charge is 0.381 e. The van der Waals surface area contributed by atoms with E-state index in [0.29, 0.717) is 5.95 Å². The number of nitrogens with zero attached hydrogens (tertiary/aromatic N) is 2. The summed E-state index contributed by atoms with van der Waals surface area (Å²) in [5.41, 5.74) is 0.965. The molecule has 0 spiro atoms. The molecule has 0 fully saturated rings. The van der Waals surface area contributed by atoms with Crippen LogP contribution in [0, 0.1) is 6.92 Å². The molecule has 0 amide bonds. The number of unbranched alkanes of at least 4 members (excludes halogenated alkanes) is 1. The highest BCUT2D eigenvalue weighted by atomic mass is 16.5. The van der Waals surface area contributed by atoms with Crippen LogP contribution in [0.5, 0.6) is 0 Å². The summed E-state index contributed by atoms with van der Waals surface area (Å²) in [5, 5.41) is 6.43. The second-order valence-electron chi connectivity index (χ2n) is 4.49. The molecule has 0 radical (unpaired) electrons. The van der Waals surface area contributed by atoms with Gasteiger partial charge in [0, 0.05) is 38.1 Å². The van der Waals surface area contributed by atoms with E-state index in [2.05, 4.69) is 27.5 Å². The molecule has 5 heteroatoms. The van der Waals surface area contributed by atoms with Crippen LogP contribution < -0.4 is 10.6 Å². The topological polar surface area (TPSA) is 59.1 Å². The molecule has 0 aliphatic heterocycles. The zero-order chi connectivity index (χ0) is 13.9. The fourth-order valence-electron chi connectivity index (χ4n) is 1.64. The Morgan fingerprint density at radius 2 is 1.89 bits per heavy atom. The minimum absolute atomic E-state index is 0.684. The lowest BCUT2D eigenvalue weighted by atomic mass is 10.3. The molecule has 0 atom stereocenters. The maximum atomic E-state index is 5.51. The number of aryl methyl sites for hydroxylation is 1. The van der Waals surface area contributed by atoms with Crippen molar-refractivity contribution >= 4 is 11.8 Å². The Morgan fingerprint density at radius 3 is 2.63 bits per heavy atom. The van der Waals surface area contributed by atoms with E-state index in [0.717, 1.165) is 50.7 Å². The van der Waals surface area contributed by atoms with Gasteiger partial charge in [-0.2, -0.15) is 4.98 Å². The highest BCUT2D eigenvalue weighted by Gasteiger charge is 2.00. The summed E-state index contributed by atoms with van der Waals surface area (Å²) in [6.07, 6.45) is 3.32. The lowest BCUT2D eigenvalue weighted by molar-refractivity contribution is 0.131. The van der Waals surface area contributed by atoms with Crippen molar-refractivity contribution in [2.75, 3.05) is 36.9 Å². The van der Waals surface area contributed by atoms with Gasteiger partial charge in [0.2, 0.25) is 5.95 Å². The van der Waals surface area contributed by atoms with Gasteiger partial charge >= 0.3 is 0 Å². The van der Waals surface area contributed by atoms with Gasteiger partial charge in [-0.3, -0.25) is 0 Å². The molecule has 1 aromatic rings. The molecule has 1 aromatic heterocycles. The Hall–Kier alpha value is -1.36. The lowest BCUT2D eigenvalue weighted by Gasteiger charge is -2.09. The maximum absolute atomic E-state index is 5.51. The predicted octanol–water partition coefficient (Wildman–Crippen LogP) is 2.84. The van der Waals surface area contributed by atoms with E-state index in [1.165, 1.54) is 6.42 Å². The molecule has 0 saturated carbocycles. The van der Waals surface area contributed by atoms with Crippen molar-refractivity contribution in [3.05, 3.63) is 11.8 Å². The second-order valence-corrected chi connectivity index (χ2v) is 4.49. The highest BCUT2D eigenvalue weighted by molar-refractivity contribution is 5.41. The molecule has 108 valence electrons. The normalized spacial score (nSPS) is 10.5. The molecule has 2 N–H and O–H groups in total. The van der Waals surface area contributed by atoms with Crippen LogP contribution in [0.4, 0.5) is 11.8 Å². The van der Waals surface area contributed by atoms with E-state index in [9.17, 15) is 0 Å². The zero-order valence-electron chi connectivity index (χ0n) is 12.3. The summed E-state index contributed by atoms with van der Waals surface area (Å²) in [6, 6.07) is 1.96. The van der Waals surface area contributed by atoms with Gasteiger partial charge in [0.1, 0.15) is 5.82 Å². The van der Waals surface area contributed by atoms with E-state index in [1.807, 2.05) is 19.9 Å². The molecule has 0 unspecified atom stereocenters. The SMILES string of the molecule is CCCCOCCCNc1cc(C)nc(NCC)n1. The fourth-order valence-corrected chi connectivity index (χ4v) is 1.64. The van der Waals surface area contributed by atoms with Crippen molar-refractivity contribution in [2.45, 2.75) is 40.0 Å². The first-order chi connectivity index (χ1) is 9.26. The van der Waals surface area contributed by atoms with Crippen LogP contribution in [0.2, 0.25) is 0 Å². The first kappa shape index (κ1) is 15.7. The molecular formula is C14H26N4O. The summed E-state index contributed by atoms with van der Waals surface area (Å²) >= 11 is 0. The third-order valence-electron chi connectivity index (χ3n) is 2.60. The zero-order valence-corrected chi connectivity index (χ0v) is 12.3. The third-order valence-corrected chi connectivity index (χ3v) is 2.60. The predicted molar refractivity (Wildman–Crippen MR) is 79.8 cm³/mol. The van der Waals surface area contributed by atoms with Gasteiger partial charge in [-0.15, -0.1) is 0 Å². The Balaban J connectivity index is 2.25. The Labute approximate surface area is 116 Å². The van der Waals surface area contributed by atoms with Crippen molar-refractivity contribution in [1.82, 2.24) is 9.97 Å². The Morgan fingerprint density at radius 1 is 1.11 bits per heavy atom. The van der Waals surface area contributed by atoms with Crippen LogP contribution in [0.1, 0.15) is 38.8 Å². The van der Waals surface area contributed by atoms with Crippen molar-refractivity contribution < 1.29 is 4.74 Å². The van der Waals surface area contributed by atoms with Crippen molar-refractivity contribution in [3.63, 3.8) is 0 Å². The number of hydrogen-bond acceptors (Lipinski definition) is 5. The molecule has 1 rings (SSSR count). The van der Waals surface area contributed by atoms with Crippen LogP contribution >= 0.6 is 0 Å². The fraction of sp³-hybridized carbons (Fsp3) is 0.714. The third kappa shape index (κ3) is 6.96. The van der Waals surface area contributed by atoms with Crippen LogP contribution in [0.15, 0.2) is 6.07 Å². The molecule has 0 aliphatic rings. The van der Waals surface area contributed by atoms with Gasteiger partial charge in [-0.1, -0.05) is 13.3 Å². The number of rotatable bonds is 10. The average molecular weight is 266 g/mol. The molecule has 0 aliphatic carbocycles. The smallest absolute Gasteiger partial charge is 0.224 e. The summed E-state index contributed by atoms with van der Waals surface area (Å²) < 4.78 is 5.51. The minimum atomic E-state index is 0.684. The summed E-state index contributed by atoms with van der Waals surface area (Å²) in [7, 11) is 0. The highest BCUT2D eigenvalue weighted by Crippen LogP contribution is 2.09. The van der Waals surface area contributed by atoms with Crippen LogP contribution in [0.3, 0.4) is 0 Å². The number of hydrogen-bond donors (Lipinski definition) is 2. The summed E-state index contributed by atoms with van der Waals surface area (Å²) in [6.45, 7) is 9.55. The van der Waals surface area contributed by atoms with Crippen molar-refractivity contribution in [2.24, 2.45) is 0 Å². The molecule has 0 bridgehead atoms. The van der Waals surface area contributed by atoms with Gasteiger partial charge in [-0.25, -0.2) is 4.98 Å². The van der Waals surface area contributed by atoms with E-state index >= 15 is 0 Å². The van der Waals surface area contributed by atoms with Crippen molar-refractivity contribution in [3.8, 4) is 0 Å².